The molecule has 0 nitrogen and oxygen atoms in total. The Morgan fingerprint density at radius 2 is 1.08 bits per heavy atom. The van der Waals surface area contributed by atoms with Crippen LogP contribution in [0, 0.1) is 33.8 Å². The van der Waals surface area contributed by atoms with Crippen LogP contribution in [-0.4, -0.2) is 8.07 Å². The van der Waals surface area contributed by atoms with Crippen LogP contribution in [0.15, 0.2) is 83.4 Å². The maximum Gasteiger partial charge on any atom is 4.00 e. The van der Waals surface area contributed by atoms with Crippen molar-refractivity contribution in [3.63, 3.8) is 0 Å². The Hall–Kier alpha value is -1.06. The fourth-order valence-electron chi connectivity index (χ4n) is 5.85. The van der Waals surface area contributed by atoms with E-state index in [1.54, 1.807) is 0 Å². The summed E-state index contributed by atoms with van der Waals surface area (Å²) in [6.07, 6.45) is 4.06. The zero-order chi connectivity index (χ0) is 23.3. The smallest absolute Gasteiger partial charge is 1.00 e. The van der Waals surface area contributed by atoms with Gasteiger partial charge in [-0.15, -0.1) is 6.92 Å². The zero-order valence-corrected chi connectivity index (χ0v) is 27.3. The van der Waals surface area contributed by atoms with Gasteiger partial charge in [0, 0.05) is 0 Å². The molecule has 3 aromatic carbocycles. The molecule has 0 fully saturated rings. The van der Waals surface area contributed by atoms with Gasteiger partial charge in [0.15, 0.2) is 0 Å². The largest absolute Gasteiger partial charge is 4.00 e. The Labute approximate surface area is 253 Å². The molecule has 0 aromatic heterocycles. The number of hydrogen-bond donors (Lipinski definition) is 0. The van der Waals surface area contributed by atoms with E-state index in [1.165, 1.54) is 54.5 Å². The molecule has 0 amide bonds. The van der Waals surface area contributed by atoms with E-state index < -0.39 is 8.07 Å². The van der Waals surface area contributed by atoms with Crippen molar-refractivity contribution in [1.29, 1.82) is 0 Å². The summed E-state index contributed by atoms with van der Waals surface area (Å²) in [5, 5.41) is 4.29. The van der Waals surface area contributed by atoms with Gasteiger partial charge in [-0.2, -0.15) is 11.1 Å². The van der Waals surface area contributed by atoms with Crippen LogP contribution in [0.1, 0.15) is 49.9 Å². The van der Waals surface area contributed by atoms with Crippen molar-refractivity contribution in [3.8, 4) is 0 Å². The van der Waals surface area contributed by atoms with Crippen molar-refractivity contribution in [1.82, 2.24) is 0 Å². The maximum absolute atomic E-state index is 4.06. The van der Waals surface area contributed by atoms with E-state index in [9.17, 15) is 0 Å². The number of allylic oxidation sites excluding steroid dienone is 4. The third kappa shape index (κ3) is 5.39. The summed E-state index contributed by atoms with van der Waals surface area (Å²) in [7, 11) is -2.60. The van der Waals surface area contributed by atoms with Gasteiger partial charge < -0.3 is 37.2 Å². The summed E-state index contributed by atoms with van der Waals surface area (Å²) in [4.78, 5) is 0. The monoisotopic (exact) mass is 588 g/mol. The minimum absolute atomic E-state index is 0. The van der Waals surface area contributed by atoms with Gasteiger partial charge in [-0.1, -0.05) is 115 Å². The van der Waals surface area contributed by atoms with Crippen molar-refractivity contribution in [3.05, 3.63) is 112 Å². The van der Waals surface area contributed by atoms with Gasteiger partial charge in [-0.3, -0.25) is 6.08 Å². The molecule has 188 valence electrons. The molecule has 36 heavy (non-hydrogen) atoms. The molecule has 0 spiro atoms. The summed E-state index contributed by atoms with van der Waals surface area (Å²) in [5.41, 5.74) is 9.57. The second-order valence-corrected chi connectivity index (χ2v) is 14.0. The fourth-order valence-corrected chi connectivity index (χ4v) is 12.5. The van der Waals surface area contributed by atoms with Gasteiger partial charge in [-0.25, -0.2) is 5.57 Å². The molecule has 0 heterocycles. The molecule has 0 radical (unpaired) electrons. The Morgan fingerprint density at radius 1 is 0.639 bits per heavy atom. The van der Waals surface area contributed by atoms with E-state index in [-0.39, 0.29) is 64.0 Å². The van der Waals surface area contributed by atoms with Gasteiger partial charge in [-0.05, 0) is 43.3 Å². The molecular formula is C31H35Cl3SiTi. The third-order valence-electron chi connectivity index (χ3n) is 7.86. The maximum atomic E-state index is 4.06. The van der Waals surface area contributed by atoms with Crippen LogP contribution in [-0.2, 0) is 21.7 Å². The van der Waals surface area contributed by atoms with Crippen LogP contribution in [0.4, 0.5) is 0 Å². The average Bonchev–Trinajstić information content (AvgIpc) is 2.97. The molecule has 1 atom stereocenters. The second-order valence-electron chi connectivity index (χ2n) is 9.88. The first-order valence-corrected chi connectivity index (χ1v) is 13.6. The number of rotatable bonds is 4. The van der Waals surface area contributed by atoms with Gasteiger partial charge in [0.1, 0.15) is 8.07 Å². The molecular weight excluding hydrogens is 555 g/mol. The van der Waals surface area contributed by atoms with Crippen LogP contribution in [0.25, 0.3) is 0 Å². The predicted octanol–water partition coefficient (Wildman–Crippen LogP) is -2.74. The first kappa shape index (κ1) is 34.9. The first-order valence-electron chi connectivity index (χ1n) is 11.6. The molecule has 1 unspecified atom stereocenters. The third-order valence-corrected chi connectivity index (χ3v) is 13.8. The van der Waals surface area contributed by atoms with Crippen LogP contribution in [0.5, 0.6) is 0 Å². The molecule has 0 saturated carbocycles. The standard InChI is InChI=1S/C31H35Si.3ClH.Ti/c1-21-14-16-23(3)29(18-21)32(28-12-10-9-11-13-28,30-19-22(2)15-17-24(30)4)31(8)20-25(5)26(6)27(31)7;;;;/h9-19H,1-8H3;3*1H;/q-1;;;;+4/p-3. The predicted molar refractivity (Wildman–Crippen MR) is 142 cm³/mol. The molecule has 4 rings (SSSR count). The Kier molecular flexibility index (Phi) is 12.8. The van der Waals surface area contributed by atoms with Gasteiger partial charge in [0.05, 0.1) is 0 Å². The number of hydrogen-bond acceptors (Lipinski definition) is 0. The minimum Gasteiger partial charge on any atom is -1.00 e. The van der Waals surface area contributed by atoms with Crippen LogP contribution in [0.3, 0.4) is 0 Å². The van der Waals surface area contributed by atoms with E-state index in [4.69, 9.17) is 0 Å². The van der Waals surface area contributed by atoms with E-state index in [2.05, 4.69) is 128 Å². The van der Waals surface area contributed by atoms with E-state index >= 15 is 0 Å². The molecule has 0 aliphatic heterocycles. The van der Waals surface area contributed by atoms with E-state index in [1.807, 2.05) is 0 Å². The van der Waals surface area contributed by atoms with Crippen molar-refractivity contribution < 1.29 is 58.9 Å². The molecule has 1 aliphatic rings. The SMILES string of the molecule is CC1=[C-]C(C)([Si](c2ccccc2)(c2cc(C)ccc2C)c2cc(C)ccc2C)C(C)=C1C.[Cl-].[Cl-].[Cl-].[Ti+4]. The number of benzene rings is 3. The van der Waals surface area contributed by atoms with Crippen molar-refractivity contribution in [2.45, 2.75) is 60.4 Å². The van der Waals surface area contributed by atoms with Crippen LogP contribution in [0.2, 0.25) is 5.04 Å². The first-order chi connectivity index (χ1) is 15.1. The summed E-state index contributed by atoms with van der Waals surface area (Å²) in [5.74, 6) is 0. The van der Waals surface area contributed by atoms with Crippen molar-refractivity contribution in [2.75, 3.05) is 0 Å². The zero-order valence-electron chi connectivity index (χ0n) is 22.5. The quantitative estimate of drug-likeness (QED) is 0.176. The summed E-state index contributed by atoms with van der Waals surface area (Å²) in [6.45, 7) is 18.4. The van der Waals surface area contributed by atoms with E-state index in [0.717, 1.165) is 0 Å². The molecule has 0 saturated heterocycles. The van der Waals surface area contributed by atoms with Gasteiger partial charge >= 0.3 is 21.7 Å². The fraction of sp³-hybridized carbons (Fsp3) is 0.290. The van der Waals surface area contributed by atoms with Crippen LogP contribution >= 0.6 is 0 Å². The second kappa shape index (κ2) is 13.1. The van der Waals surface area contributed by atoms with Crippen molar-refractivity contribution >= 4 is 23.6 Å². The minimum atomic E-state index is -2.60. The Balaban J connectivity index is 0.00000306. The average molecular weight is 590 g/mol. The summed E-state index contributed by atoms with van der Waals surface area (Å²) >= 11 is 0. The van der Waals surface area contributed by atoms with Gasteiger partial charge in [0.2, 0.25) is 0 Å². The van der Waals surface area contributed by atoms with Crippen molar-refractivity contribution in [2.24, 2.45) is 0 Å². The van der Waals surface area contributed by atoms with Crippen LogP contribution < -0.4 is 52.8 Å². The normalized spacial score (nSPS) is 16.7. The molecule has 3 aromatic rings. The summed E-state index contributed by atoms with van der Waals surface area (Å²) < 4.78 is 0. The molecule has 5 heteroatoms. The molecule has 0 N–H and O–H groups in total. The number of halogens is 3. The Morgan fingerprint density at radius 3 is 1.47 bits per heavy atom. The molecule has 1 aliphatic carbocycles. The van der Waals surface area contributed by atoms with E-state index in [0.29, 0.717) is 0 Å². The van der Waals surface area contributed by atoms with Gasteiger partial charge in [0.25, 0.3) is 0 Å². The summed E-state index contributed by atoms with van der Waals surface area (Å²) in [6, 6.07) is 25.4. The topological polar surface area (TPSA) is 0 Å². The number of aryl methyl sites for hydroxylation is 4. The molecule has 0 bridgehead atoms. The Bertz CT molecular complexity index is 1210.